The number of sulfonamides is 1. The fourth-order valence-electron chi connectivity index (χ4n) is 1.66. The van der Waals surface area contributed by atoms with Gasteiger partial charge in [0.1, 0.15) is 0 Å². The Morgan fingerprint density at radius 3 is 2.00 bits per heavy atom. The molecular weight excluding hydrogens is 222 g/mol. The van der Waals surface area contributed by atoms with Gasteiger partial charge in [0.05, 0.1) is 11.4 Å². The first kappa shape index (κ1) is 13.0. The summed E-state index contributed by atoms with van der Waals surface area (Å²) in [5.41, 5.74) is 0.271. The largest absolute Gasteiger partial charge is 0.265 e. The summed E-state index contributed by atoms with van der Waals surface area (Å²) in [6.07, 6.45) is 0. The molecule has 90 valence electrons. The lowest BCUT2D eigenvalue weighted by atomic mass is 10.1. The molecule has 0 aromatic heterocycles. The van der Waals surface area contributed by atoms with E-state index in [4.69, 9.17) is 0 Å². The molecule has 0 aliphatic carbocycles. The first-order valence-corrected chi connectivity index (χ1v) is 6.98. The van der Waals surface area contributed by atoms with E-state index in [1.807, 2.05) is 51.1 Å². The topological polar surface area (TPSA) is 37.4 Å². The molecule has 0 amide bonds. The van der Waals surface area contributed by atoms with Crippen LogP contribution in [0.1, 0.15) is 27.7 Å². The summed E-state index contributed by atoms with van der Waals surface area (Å²) in [4.78, 5) is 0. The summed E-state index contributed by atoms with van der Waals surface area (Å²) in [5.74, 6) is 0.110. The van der Waals surface area contributed by atoms with Crippen molar-refractivity contribution >= 4 is 15.7 Å². The maximum atomic E-state index is 12.1. The fraction of sp³-hybridized carbons (Fsp3) is 0.500. The molecule has 0 aliphatic heterocycles. The Morgan fingerprint density at radius 1 is 1.12 bits per heavy atom. The Balaban J connectivity index is 3.29. The fourth-order valence-corrected chi connectivity index (χ4v) is 3.19. The van der Waals surface area contributed by atoms with Gasteiger partial charge in [0.25, 0.3) is 0 Å². The van der Waals surface area contributed by atoms with Crippen LogP contribution in [0, 0.1) is 0 Å². The van der Waals surface area contributed by atoms with Gasteiger partial charge < -0.3 is 0 Å². The average molecular weight is 241 g/mol. The van der Waals surface area contributed by atoms with E-state index in [1.54, 1.807) is 6.92 Å². The van der Waals surface area contributed by atoms with Crippen LogP contribution in [-0.2, 0) is 10.0 Å². The second-order valence-corrected chi connectivity index (χ2v) is 6.78. The summed E-state index contributed by atoms with van der Waals surface area (Å²) in [7, 11) is -3.24. The van der Waals surface area contributed by atoms with Gasteiger partial charge in [-0.25, -0.2) is 8.42 Å². The summed E-state index contributed by atoms with van der Waals surface area (Å²) >= 11 is 0. The maximum absolute atomic E-state index is 12.1. The molecule has 0 radical (unpaired) electrons. The zero-order valence-corrected chi connectivity index (χ0v) is 11.1. The van der Waals surface area contributed by atoms with E-state index >= 15 is 0 Å². The van der Waals surface area contributed by atoms with E-state index in [-0.39, 0.29) is 5.75 Å². The van der Waals surface area contributed by atoms with Crippen LogP contribution in [0.15, 0.2) is 30.3 Å². The molecule has 1 rings (SSSR count). The lowest BCUT2D eigenvalue weighted by Crippen LogP contribution is -2.46. The van der Waals surface area contributed by atoms with Crippen molar-refractivity contribution in [3.63, 3.8) is 0 Å². The van der Waals surface area contributed by atoms with Crippen molar-refractivity contribution in [3.05, 3.63) is 30.3 Å². The first-order valence-electron chi connectivity index (χ1n) is 5.37. The second-order valence-electron chi connectivity index (χ2n) is 4.67. The van der Waals surface area contributed by atoms with Gasteiger partial charge in [0, 0.05) is 5.54 Å². The van der Waals surface area contributed by atoms with Gasteiger partial charge in [-0.15, -0.1) is 0 Å². The van der Waals surface area contributed by atoms with Gasteiger partial charge in [-0.2, -0.15) is 0 Å². The predicted molar refractivity (Wildman–Crippen MR) is 68.1 cm³/mol. The highest BCUT2D eigenvalue weighted by Gasteiger charge is 2.31. The van der Waals surface area contributed by atoms with Crippen molar-refractivity contribution in [2.45, 2.75) is 33.2 Å². The summed E-state index contributed by atoms with van der Waals surface area (Å²) in [6, 6.07) is 9.21. The number of para-hydroxylation sites is 1. The zero-order valence-electron chi connectivity index (χ0n) is 10.3. The number of benzene rings is 1. The SMILES string of the molecule is CCS(=O)(=O)N(c1ccccc1)C(C)(C)C. The quantitative estimate of drug-likeness (QED) is 0.816. The van der Waals surface area contributed by atoms with E-state index in [2.05, 4.69) is 0 Å². The number of hydrogen-bond acceptors (Lipinski definition) is 2. The van der Waals surface area contributed by atoms with Gasteiger partial charge in [0.15, 0.2) is 0 Å². The molecule has 3 nitrogen and oxygen atoms in total. The highest BCUT2D eigenvalue weighted by Crippen LogP contribution is 2.27. The maximum Gasteiger partial charge on any atom is 0.235 e. The van der Waals surface area contributed by atoms with Crippen molar-refractivity contribution in [3.8, 4) is 0 Å². The van der Waals surface area contributed by atoms with Crippen LogP contribution >= 0.6 is 0 Å². The van der Waals surface area contributed by atoms with Crippen LogP contribution in [0.5, 0.6) is 0 Å². The van der Waals surface area contributed by atoms with Gasteiger partial charge in [-0.1, -0.05) is 18.2 Å². The van der Waals surface area contributed by atoms with Crippen molar-refractivity contribution in [2.24, 2.45) is 0 Å². The average Bonchev–Trinajstić information content (AvgIpc) is 2.17. The standard InChI is InChI=1S/C12H19NO2S/c1-5-16(14,15)13(12(2,3)4)11-9-7-6-8-10-11/h6-10H,5H2,1-4H3. The number of nitrogens with zero attached hydrogens (tertiary/aromatic N) is 1. The Kier molecular flexibility index (Phi) is 3.63. The second kappa shape index (κ2) is 4.45. The van der Waals surface area contributed by atoms with Crippen LogP contribution in [0.25, 0.3) is 0 Å². The summed E-state index contributed by atoms with van der Waals surface area (Å²) in [5, 5.41) is 0. The molecule has 4 heteroatoms. The number of rotatable bonds is 3. The Bertz CT molecular complexity index is 432. The van der Waals surface area contributed by atoms with E-state index in [1.165, 1.54) is 4.31 Å². The molecule has 1 aromatic rings. The lowest BCUT2D eigenvalue weighted by molar-refractivity contribution is 0.536. The van der Waals surface area contributed by atoms with E-state index < -0.39 is 15.6 Å². The van der Waals surface area contributed by atoms with E-state index in [0.29, 0.717) is 0 Å². The molecule has 0 saturated heterocycles. The third kappa shape index (κ3) is 2.76. The van der Waals surface area contributed by atoms with Crippen molar-refractivity contribution in [1.82, 2.24) is 0 Å². The Morgan fingerprint density at radius 2 is 1.62 bits per heavy atom. The molecule has 0 saturated carbocycles. The minimum Gasteiger partial charge on any atom is -0.265 e. The Hall–Kier alpha value is -1.03. The molecule has 0 heterocycles. The van der Waals surface area contributed by atoms with Crippen LogP contribution in [0.2, 0.25) is 0 Å². The Labute approximate surface area is 98.1 Å². The molecule has 0 aliphatic rings. The van der Waals surface area contributed by atoms with Gasteiger partial charge >= 0.3 is 0 Å². The highest BCUT2D eigenvalue weighted by molar-refractivity contribution is 7.92. The van der Waals surface area contributed by atoms with Crippen molar-refractivity contribution in [1.29, 1.82) is 0 Å². The third-order valence-electron chi connectivity index (χ3n) is 2.24. The van der Waals surface area contributed by atoms with E-state index in [0.717, 1.165) is 5.69 Å². The van der Waals surface area contributed by atoms with Crippen molar-refractivity contribution in [2.75, 3.05) is 10.1 Å². The first-order chi connectivity index (χ1) is 7.29. The molecular formula is C12H19NO2S. The molecule has 0 spiro atoms. The number of hydrogen-bond donors (Lipinski definition) is 0. The number of anilines is 1. The van der Waals surface area contributed by atoms with E-state index in [9.17, 15) is 8.42 Å². The molecule has 0 unspecified atom stereocenters. The molecule has 0 atom stereocenters. The zero-order chi connectivity index (χ0) is 12.4. The van der Waals surface area contributed by atoms with Crippen LogP contribution in [0.4, 0.5) is 5.69 Å². The molecule has 16 heavy (non-hydrogen) atoms. The smallest absolute Gasteiger partial charge is 0.235 e. The molecule has 0 bridgehead atoms. The third-order valence-corrected chi connectivity index (χ3v) is 4.29. The lowest BCUT2D eigenvalue weighted by Gasteiger charge is -2.36. The molecule has 1 aromatic carbocycles. The van der Waals surface area contributed by atoms with Crippen molar-refractivity contribution < 1.29 is 8.42 Å². The predicted octanol–water partition coefficient (Wildman–Crippen LogP) is 2.64. The normalized spacial score (nSPS) is 12.5. The monoisotopic (exact) mass is 241 g/mol. The molecule has 0 fully saturated rings. The van der Waals surface area contributed by atoms with Gasteiger partial charge in [0.2, 0.25) is 10.0 Å². The van der Waals surface area contributed by atoms with Gasteiger partial charge in [-0.05, 0) is 39.8 Å². The highest BCUT2D eigenvalue weighted by atomic mass is 32.2. The van der Waals surface area contributed by atoms with Crippen LogP contribution in [0.3, 0.4) is 0 Å². The summed E-state index contributed by atoms with van der Waals surface area (Å²) in [6.45, 7) is 7.35. The van der Waals surface area contributed by atoms with Crippen LogP contribution in [-0.4, -0.2) is 19.7 Å². The summed E-state index contributed by atoms with van der Waals surface area (Å²) < 4.78 is 25.6. The van der Waals surface area contributed by atoms with Gasteiger partial charge in [-0.3, -0.25) is 4.31 Å². The molecule has 0 N–H and O–H groups in total. The minimum atomic E-state index is -3.24. The minimum absolute atomic E-state index is 0.110. The van der Waals surface area contributed by atoms with Crippen LogP contribution < -0.4 is 4.31 Å².